The lowest BCUT2D eigenvalue weighted by Crippen LogP contribution is -2.35. The number of hydrogen-bond donors (Lipinski definition) is 2. The van der Waals surface area contributed by atoms with Crippen LogP contribution in [0.4, 0.5) is 5.69 Å². The maximum absolute atomic E-state index is 11.8. The van der Waals surface area contributed by atoms with Crippen molar-refractivity contribution in [1.82, 2.24) is 4.98 Å². The molecule has 20 heavy (non-hydrogen) atoms. The van der Waals surface area contributed by atoms with Crippen LogP contribution in [0.1, 0.15) is 25.7 Å². The second-order valence-corrected chi connectivity index (χ2v) is 4.71. The van der Waals surface area contributed by atoms with Gasteiger partial charge in [-0.3, -0.25) is 4.79 Å². The van der Waals surface area contributed by atoms with Gasteiger partial charge in [-0.1, -0.05) is 25.5 Å². The number of aromatic nitrogens is 1. The minimum absolute atomic E-state index is 0.156. The molecule has 5 nitrogen and oxygen atoms in total. The highest BCUT2D eigenvalue weighted by Gasteiger charge is 2.12. The summed E-state index contributed by atoms with van der Waals surface area (Å²) < 4.78 is 5.17. The summed E-state index contributed by atoms with van der Waals surface area (Å²) in [6, 6.07) is 6.97. The molecule has 0 unspecified atom stereocenters. The Morgan fingerprint density at radius 2 is 2.10 bits per heavy atom. The molecule has 2 aromatic rings. The number of aryl methyl sites for hydroxylation is 1. The number of benzene rings is 1. The van der Waals surface area contributed by atoms with Crippen molar-refractivity contribution in [3.8, 4) is 11.3 Å². The van der Waals surface area contributed by atoms with E-state index >= 15 is 0 Å². The van der Waals surface area contributed by atoms with Crippen LogP contribution in [-0.2, 0) is 4.79 Å². The maximum Gasteiger partial charge on any atom is 0.241 e. The summed E-state index contributed by atoms with van der Waals surface area (Å²) in [4.78, 5) is 16.0. The monoisotopic (exact) mass is 273 g/mol. The molecule has 1 heterocycles. The molecule has 1 atom stereocenters. The van der Waals surface area contributed by atoms with E-state index in [0.29, 0.717) is 12.3 Å². The number of anilines is 1. The Hall–Kier alpha value is -2.14. The van der Waals surface area contributed by atoms with Gasteiger partial charge in [0.05, 0.1) is 6.04 Å². The topological polar surface area (TPSA) is 81.2 Å². The van der Waals surface area contributed by atoms with Crippen molar-refractivity contribution in [1.29, 1.82) is 0 Å². The summed E-state index contributed by atoms with van der Waals surface area (Å²) in [5.41, 5.74) is 8.22. The van der Waals surface area contributed by atoms with Crippen molar-refractivity contribution < 1.29 is 9.21 Å². The van der Waals surface area contributed by atoms with Crippen LogP contribution in [0, 0.1) is 6.92 Å². The number of carbonyl (C=O) groups excluding carboxylic acids is 1. The first-order chi connectivity index (χ1) is 9.60. The van der Waals surface area contributed by atoms with Gasteiger partial charge in [0.15, 0.2) is 5.89 Å². The SMILES string of the molecule is CCC[C@H](N)C(=O)Nc1ccc(-c2coc(C)n2)cc1. The standard InChI is InChI=1S/C15H19N3O2/c1-3-4-13(16)15(19)18-12-7-5-11(6-8-12)14-9-20-10(2)17-14/h5-9,13H,3-4,16H2,1-2H3,(H,18,19)/t13-/m0/s1. The third kappa shape index (κ3) is 3.45. The Balaban J connectivity index is 2.03. The van der Waals surface area contributed by atoms with Gasteiger partial charge < -0.3 is 15.5 Å². The van der Waals surface area contributed by atoms with Gasteiger partial charge in [-0.15, -0.1) is 0 Å². The van der Waals surface area contributed by atoms with E-state index < -0.39 is 6.04 Å². The van der Waals surface area contributed by atoms with Crippen LogP contribution in [0.25, 0.3) is 11.3 Å². The molecule has 0 saturated heterocycles. The molecule has 1 amide bonds. The second kappa shape index (κ2) is 6.34. The molecule has 5 heteroatoms. The molecule has 0 fully saturated rings. The summed E-state index contributed by atoms with van der Waals surface area (Å²) in [5, 5.41) is 2.80. The summed E-state index contributed by atoms with van der Waals surface area (Å²) in [6.07, 6.45) is 3.18. The molecule has 0 aliphatic heterocycles. The van der Waals surface area contributed by atoms with Gasteiger partial charge in [0.1, 0.15) is 12.0 Å². The van der Waals surface area contributed by atoms with Gasteiger partial charge in [-0.05, 0) is 18.6 Å². The first kappa shape index (κ1) is 14.3. The van der Waals surface area contributed by atoms with E-state index in [0.717, 1.165) is 23.4 Å². The largest absolute Gasteiger partial charge is 0.449 e. The fraction of sp³-hybridized carbons (Fsp3) is 0.333. The van der Waals surface area contributed by atoms with Crippen molar-refractivity contribution >= 4 is 11.6 Å². The van der Waals surface area contributed by atoms with Crippen molar-refractivity contribution in [2.45, 2.75) is 32.7 Å². The number of nitrogens with one attached hydrogen (secondary N) is 1. The second-order valence-electron chi connectivity index (χ2n) is 4.71. The zero-order chi connectivity index (χ0) is 14.5. The van der Waals surface area contributed by atoms with E-state index in [4.69, 9.17) is 10.2 Å². The minimum Gasteiger partial charge on any atom is -0.449 e. The number of carbonyl (C=O) groups is 1. The Morgan fingerprint density at radius 1 is 1.40 bits per heavy atom. The highest BCUT2D eigenvalue weighted by Crippen LogP contribution is 2.20. The molecule has 3 N–H and O–H groups in total. The van der Waals surface area contributed by atoms with Crippen molar-refractivity contribution in [2.75, 3.05) is 5.32 Å². The summed E-state index contributed by atoms with van der Waals surface area (Å²) in [7, 11) is 0. The van der Waals surface area contributed by atoms with Gasteiger partial charge in [0.2, 0.25) is 5.91 Å². The quantitative estimate of drug-likeness (QED) is 0.877. The maximum atomic E-state index is 11.8. The summed E-state index contributed by atoms with van der Waals surface area (Å²) >= 11 is 0. The lowest BCUT2D eigenvalue weighted by atomic mass is 10.1. The molecule has 0 radical (unpaired) electrons. The Kier molecular flexibility index (Phi) is 4.53. The Labute approximate surface area is 118 Å². The van der Waals surface area contributed by atoms with Gasteiger partial charge in [0, 0.05) is 18.2 Å². The normalized spacial score (nSPS) is 12.2. The van der Waals surface area contributed by atoms with Gasteiger partial charge >= 0.3 is 0 Å². The van der Waals surface area contributed by atoms with Crippen LogP contribution in [0.3, 0.4) is 0 Å². The summed E-state index contributed by atoms with van der Waals surface area (Å²) in [5.74, 6) is 0.472. The molecule has 1 aromatic heterocycles. The van der Waals surface area contributed by atoms with E-state index in [1.807, 2.05) is 31.2 Å². The van der Waals surface area contributed by atoms with E-state index in [9.17, 15) is 4.79 Å². The highest BCUT2D eigenvalue weighted by atomic mass is 16.3. The molecule has 0 saturated carbocycles. The molecule has 1 aromatic carbocycles. The Bertz CT molecular complexity index is 575. The predicted molar refractivity (Wildman–Crippen MR) is 78.2 cm³/mol. The molecule has 0 bridgehead atoms. The molecule has 0 aliphatic carbocycles. The number of nitrogens with two attached hydrogens (primary N) is 1. The number of rotatable bonds is 5. The van der Waals surface area contributed by atoms with Crippen LogP contribution in [0.5, 0.6) is 0 Å². The average molecular weight is 273 g/mol. The Morgan fingerprint density at radius 3 is 2.65 bits per heavy atom. The smallest absolute Gasteiger partial charge is 0.241 e. The highest BCUT2D eigenvalue weighted by molar-refractivity contribution is 5.94. The van der Waals surface area contributed by atoms with Crippen LogP contribution in [0.2, 0.25) is 0 Å². The molecule has 106 valence electrons. The zero-order valence-corrected chi connectivity index (χ0v) is 11.7. The van der Waals surface area contributed by atoms with Gasteiger partial charge in [0.25, 0.3) is 0 Å². The number of hydrogen-bond acceptors (Lipinski definition) is 4. The molecule has 2 rings (SSSR count). The van der Waals surface area contributed by atoms with Crippen LogP contribution >= 0.6 is 0 Å². The summed E-state index contributed by atoms with van der Waals surface area (Å²) in [6.45, 7) is 3.80. The third-order valence-electron chi connectivity index (χ3n) is 3.00. The van der Waals surface area contributed by atoms with Crippen LogP contribution in [-0.4, -0.2) is 16.9 Å². The fourth-order valence-corrected chi connectivity index (χ4v) is 1.90. The average Bonchev–Trinajstić information content (AvgIpc) is 2.86. The van der Waals surface area contributed by atoms with Crippen molar-refractivity contribution in [3.63, 3.8) is 0 Å². The number of amides is 1. The van der Waals surface area contributed by atoms with E-state index in [1.54, 1.807) is 13.2 Å². The predicted octanol–water partition coefficient (Wildman–Crippen LogP) is 2.72. The van der Waals surface area contributed by atoms with Crippen molar-refractivity contribution in [3.05, 3.63) is 36.4 Å². The van der Waals surface area contributed by atoms with Crippen molar-refractivity contribution in [2.24, 2.45) is 5.73 Å². The van der Waals surface area contributed by atoms with E-state index in [1.165, 1.54) is 0 Å². The van der Waals surface area contributed by atoms with Crippen LogP contribution in [0.15, 0.2) is 34.9 Å². The van der Waals surface area contributed by atoms with Crippen LogP contribution < -0.4 is 11.1 Å². The number of oxazole rings is 1. The van der Waals surface area contributed by atoms with E-state index in [2.05, 4.69) is 10.3 Å². The first-order valence-corrected chi connectivity index (χ1v) is 6.69. The van der Waals surface area contributed by atoms with Gasteiger partial charge in [-0.25, -0.2) is 4.98 Å². The van der Waals surface area contributed by atoms with Gasteiger partial charge in [-0.2, -0.15) is 0 Å². The fourth-order valence-electron chi connectivity index (χ4n) is 1.90. The zero-order valence-electron chi connectivity index (χ0n) is 11.7. The third-order valence-corrected chi connectivity index (χ3v) is 3.00. The molecular formula is C15H19N3O2. The molecule has 0 aliphatic rings. The lowest BCUT2D eigenvalue weighted by Gasteiger charge is -2.11. The first-order valence-electron chi connectivity index (χ1n) is 6.69. The lowest BCUT2D eigenvalue weighted by molar-refractivity contribution is -0.117. The molecule has 0 spiro atoms. The molecular weight excluding hydrogens is 254 g/mol. The number of nitrogens with zero attached hydrogens (tertiary/aromatic N) is 1. The minimum atomic E-state index is -0.460. The van der Waals surface area contributed by atoms with E-state index in [-0.39, 0.29) is 5.91 Å².